The summed E-state index contributed by atoms with van der Waals surface area (Å²) in [5.74, 6) is 0. The third kappa shape index (κ3) is 6.92. The fourth-order valence-corrected chi connectivity index (χ4v) is 1.35. The maximum atomic E-state index is 5.43. The summed E-state index contributed by atoms with van der Waals surface area (Å²) in [7, 11) is 7.23. The van der Waals surface area contributed by atoms with Gasteiger partial charge in [-0.2, -0.15) is 0 Å². The molecule has 0 saturated carbocycles. The van der Waals surface area contributed by atoms with Gasteiger partial charge in [-0.15, -0.1) is 0 Å². The zero-order chi connectivity index (χ0) is 7.28. The predicted octanol–water partition coefficient (Wildman–Crippen LogP) is 3.24. The topological polar surface area (TPSA) is 9.23 Å². The minimum atomic E-state index is 0.132. The normalized spacial score (nSPS) is 15.7. The highest BCUT2D eigenvalue weighted by molar-refractivity contribution is 8.21. The number of hydrogen-bond acceptors (Lipinski definition) is 2. The van der Waals surface area contributed by atoms with E-state index in [2.05, 4.69) is 13.8 Å². The molecule has 2 unspecified atom stereocenters. The van der Waals surface area contributed by atoms with Gasteiger partial charge >= 0.3 is 0 Å². The van der Waals surface area contributed by atoms with Gasteiger partial charge in [-0.25, -0.2) is 0 Å². The van der Waals surface area contributed by atoms with Gasteiger partial charge in [0.15, 0.2) is 0 Å². The molecule has 0 saturated heterocycles. The van der Waals surface area contributed by atoms with Crippen LogP contribution in [0.1, 0.15) is 20.8 Å². The molecule has 0 radical (unpaired) electrons. The van der Waals surface area contributed by atoms with Crippen LogP contribution in [0.15, 0.2) is 0 Å². The third-order valence-electron chi connectivity index (χ3n) is 0.595. The molecular weight excluding hydrogens is 175 g/mol. The zero-order valence-corrected chi connectivity index (χ0v) is 8.42. The molecule has 0 aliphatic heterocycles. The molecule has 0 heterocycles. The second kappa shape index (κ2) is 5.79. The molecule has 0 N–H and O–H groups in total. The third-order valence-corrected chi connectivity index (χ3v) is 2.83. The van der Waals surface area contributed by atoms with Crippen LogP contribution in [0, 0.1) is 0 Å². The van der Waals surface area contributed by atoms with Gasteiger partial charge in [0.05, 0.1) is 0 Å². The Hall–Kier alpha value is 1.03. The summed E-state index contributed by atoms with van der Waals surface area (Å²) in [6.07, 6.45) is 0. The minimum Gasteiger partial charge on any atom is -0.347 e. The van der Waals surface area contributed by atoms with Gasteiger partial charge < -0.3 is 4.52 Å². The highest BCUT2D eigenvalue weighted by Gasteiger charge is 2.00. The molecule has 0 bridgehead atoms. The van der Waals surface area contributed by atoms with Crippen molar-refractivity contribution in [2.24, 2.45) is 0 Å². The van der Waals surface area contributed by atoms with Crippen molar-refractivity contribution in [2.75, 3.05) is 0 Å². The van der Waals surface area contributed by atoms with E-state index in [-0.39, 0.29) is 5.44 Å². The van der Waals surface area contributed by atoms with Crippen molar-refractivity contribution in [1.29, 1.82) is 0 Å². The van der Waals surface area contributed by atoms with Crippen molar-refractivity contribution < 1.29 is 4.52 Å². The van der Waals surface area contributed by atoms with Crippen LogP contribution >= 0.6 is 30.5 Å². The predicted molar refractivity (Wildman–Crippen MR) is 47.4 cm³/mol. The van der Waals surface area contributed by atoms with E-state index in [4.69, 9.17) is 15.2 Å². The summed E-state index contributed by atoms with van der Waals surface area (Å²) in [5, 5.41) is 0. The molecule has 0 aromatic carbocycles. The summed E-state index contributed by atoms with van der Waals surface area (Å²) in [5.41, 5.74) is 0.753. The Morgan fingerprint density at radius 2 is 2.00 bits per heavy atom. The molecule has 0 aliphatic carbocycles. The molecule has 0 aromatic rings. The van der Waals surface area contributed by atoms with Gasteiger partial charge in [0, 0.05) is 8.81 Å². The van der Waals surface area contributed by atoms with Crippen molar-refractivity contribution in [3.8, 4) is 0 Å². The van der Waals surface area contributed by atoms with Crippen LogP contribution < -0.4 is 0 Å². The number of halogens is 1. The highest BCUT2D eigenvalue weighted by Crippen LogP contribution is 2.27. The summed E-state index contributed by atoms with van der Waals surface area (Å²) in [4.78, 5) is 0. The van der Waals surface area contributed by atoms with Crippen LogP contribution in [-0.4, -0.2) is 11.1 Å². The molecule has 0 spiro atoms. The molecule has 1 nitrogen and oxygen atoms in total. The molecule has 2 atom stereocenters. The largest absolute Gasteiger partial charge is 0.347 e. The second-order valence-corrected chi connectivity index (χ2v) is 5.05. The second-order valence-electron chi connectivity index (χ2n) is 2.05. The first kappa shape index (κ1) is 10.0. The van der Waals surface area contributed by atoms with Gasteiger partial charge in [0.1, 0.15) is 5.44 Å². The van der Waals surface area contributed by atoms with Gasteiger partial charge in [-0.1, -0.05) is 13.8 Å². The van der Waals surface area contributed by atoms with Gasteiger partial charge in [0.2, 0.25) is 0 Å². The SMILES string of the molecule is CC(C)POC(C)SCl. The van der Waals surface area contributed by atoms with E-state index in [9.17, 15) is 0 Å². The molecule has 9 heavy (non-hydrogen) atoms. The van der Waals surface area contributed by atoms with Crippen LogP contribution in [-0.2, 0) is 4.52 Å². The molecular formula is C5H12ClOPS. The van der Waals surface area contributed by atoms with E-state index in [0.717, 1.165) is 0 Å². The Kier molecular flexibility index (Phi) is 6.45. The van der Waals surface area contributed by atoms with Crippen LogP contribution in [0.2, 0.25) is 0 Å². The van der Waals surface area contributed by atoms with E-state index >= 15 is 0 Å². The first-order valence-corrected chi connectivity index (χ1v) is 5.54. The molecule has 0 amide bonds. The molecule has 0 fully saturated rings. The van der Waals surface area contributed by atoms with Gasteiger partial charge in [-0.3, -0.25) is 0 Å². The van der Waals surface area contributed by atoms with E-state index in [1.165, 1.54) is 11.0 Å². The average molecular weight is 187 g/mol. The Morgan fingerprint density at radius 3 is 2.33 bits per heavy atom. The number of hydrogen-bond donors (Lipinski definition) is 0. The summed E-state index contributed by atoms with van der Waals surface area (Å²) in [6, 6.07) is 0. The monoisotopic (exact) mass is 186 g/mol. The van der Waals surface area contributed by atoms with Gasteiger partial charge in [-0.05, 0) is 34.2 Å². The van der Waals surface area contributed by atoms with Crippen molar-refractivity contribution in [3.05, 3.63) is 0 Å². The van der Waals surface area contributed by atoms with Crippen molar-refractivity contribution in [2.45, 2.75) is 31.9 Å². The van der Waals surface area contributed by atoms with E-state index in [0.29, 0.717) is 14.5 Å². The molecule has 0 aliphatic rings. The van der Waals surface area contributed by atoms with Crippen molar-refractivity contribution in [1.82, 2.24) is 0 Å². The van der Waals surface area contributed by atoms with E-state index < -0.39 is 0 Å². The van der Waals surface area contributed by atoms with Crippen molar-refractivity contribution in [3.63, 3.8) is 0 Å². The van der Waals surface area contributed by atoms with Crippen LogP contribution in [0.3, 0.4) is 0 Å². The number of rotatable bonds is 4. The summed E-state index contributed by atoms with van der Waals surface area (Å²) < 4.78 is 5.31. The Balaban J connectivity index is 3.06. The zero-order valence-electron chi connectivity index (χ0n) is 5.85. The lowest BCUT2D eigenvalue weighted by Crippen LogP contribution is -1.95. The smallest absolute Gasteiger partial charge is 0.119 e. The lowest BCUT2D eigenvalue weighted by atomic mass is 10.6. The van der Waals surface area contributed by atoms with Gasteiger partial charge in [0.25, 0.3) is 0 Å². The molecule has 0 rings (SSSR count). The fraction of sp³-hybridized carbons (Fsp3) is 1.00. The maximum absolute atomic E-state index is 5.43. The standard InChI is InChI=1S/C5H12ClOPS/c1-4(2)8-7-5(3)9-6/h4-5,8H,1-3H3. The fourth-order valence-electron chi connectivity index (χ4n) is 0.250. The molecule has 4 heteroatoms. The first-order valence-electron chi connectivity index (χ1n) is 2.85. The lowest BCUT2D eigenvalue weighted by molar-refractivity contribution is 0.352. The van der Waals surface area contributed by atoms with Crippen molar-refractivity contribution >= 4 is 30.5 Å². The molecule has 56 valence electrons. The Labute approximate surface area is 67.2 Å². The first-order chi connectivity index (χ1) is 4.16. The van der Waals surface area contributed by atoms with E-state index in [1.54, 1.807) is 0 Å². The summed E-state index contributed by atoms with van der Waals surface area (Å²) in [6.45, 7) is 6.21. The van der Waals surface area contributed by atoms with Crippen LogP contribution in [0.4, 0.5) is 0 Å². The minimum absolute atomic E-state index is 0.132. The highest BCUT2D eigenvalue weighted by atomic mass is 35.7. The maximum Gasteiger partial charge on any atom is 0.119 e. The van der Waals surface area contributed by atoms with Crippen LogP contribution in [0.5, 0.6) is 0 Å². The Morgan fingerprint density at radius 1 is 1.44 bits per heavy atom. The quantitative estimate of drug-likeness (QED) is 0.493. The van der Waals surface area contributed by atoms with E-state index in [1.807, 2.05) is 6.92 Å². The van der Waals surface area contributed by atoms with Crippen LogP contribution in [0.25, 0.3) is 0 Å². The molecule has 0 aromatic heterocycles. The Bertz CT molecular complexity index is 72.0. The summed E-state index contributed by atoms with van der Waals surface area (Å²) >= 11 is 0. The average Bonchev–Trinajstić information content (AvgIpc) is 1.83. The lowest BCUT2D eigenvalue weighted by Gasteiger charge is -2.09.